The third-order valence-corrected chi connectivity index (χ3v) is 6.01. The van der Waals surface area contributed by atoms with E-state index in [-0.39, 0.29) is 11.6 Å². The van der Waals surface area contributed by atoms with E-state index in [1.165, 1.54) is 24.6 Å². The number of fused-ring (bicyclic) bond motifs is 1. The van der Waals surface area contributed by atoms with Gasteiger partial charge in [-0.05, 0) is 42.5 Å². The molecule has 3 aromatic rings. The summed E-state index contributed by atoms with van der Waals surface area (Å²) in [5, 5.41) is 4.05. The SMILES string of the molecule is C=CCN(CC=C)c1ccc(Nc2ncnc3cc(OCCOC)c(OC)cc23)cc1C1=CC(=O)C=CC1=O. The van der Waals surface area contributed by atoms with Crippen LogP contribution in [0.3, 0.4) is 0 Å². The zero-order valence-electron chi connectivity index (χ0n) is 22.0. The molecule has 0 fully saturated rings. The lowest BCUT2D eigenvalue weighted by Crippen LogP contribution is -2.25. The van der Waals surface area contributed by atoms with Crippen LogP contribution in [0, 0.1) is 0 Å². The highest BCUT2D eigenvalue weighted by atomic mass is 16.5. The number of nitrogens with one attached hydrogen (secondary N) is 1. The third kappa shape index (κ3) is 6.22. The van der Waals surface area contributed by atoms with Gasteiger partial charge >= 0.3 is 0 Å². The minimum atomic E-state index is -0.247. The molecular weight excluding hydrogens is 496 g/mol. The van der Waals surface area contributed by atoms with E-state index < -0.39 is 0 Å². The van der Waals surface area contributed by atoms with Crippen LogP contribution in [0.5, 0.6) is 11.5 Å². The molecule has 2 aromatic carbocycles. The van der Waals surface area contributed by atoms with Gasteiger partial charge in [0.05, 0.1) is 19.2 Å². The van der Waals surface area contributed by atoms with E-state index in [9.17, 15) is 9.59 Å². The summed E-state index contributed by atoms with van der Waals surface area (Å²) in [6, 6.07) is 9.21. The first-order chi connectivity index (χ1) is 19.0. The zero-order valence-corrected chi connectivity index (χ0v) is 22.0. The largest absolute Gasteiger partial charge is 0.493 e. The Morgan fingerprint density at radius 2 is 1.77 bits per heavy atom. The molecule has 1 heterocycles. The van der Waals surface area contributed by atoms with Crippen LogP contribution < -0.4 is 19.7 Å². The predicted octanol–water partition coefficient (Wildman–Crippen LogP) is 4.68. The summed E-state index contributed by atoms with van der Waals surface area (Å²) in [6.45, 7) is 9.56. The standard InChI is InChI=1S/C30H30N4O5/c1-5-11-34(12-6-2)26-9-7-20(15-22(26)23-16-21(35)8-10-27(23)36)33-30-24-17-28(38-4)29(39-14-13-37-3)18-25(24)31-19-32-30/h5-10,15-19H,1-2,11-14H2,3-4H3,(H,31,32,33). The molecule has 0 amide bonds. The van der Waals surface area contributed by atoms with E-state index in [2.05, 4.69) is 28.4 Å². The maximum atomic E-state index is 12.8. The zero-order chi connectivity index (χ0) is 27.8. The number of benzene rings is 2. The van der Waals surface area contributed by atoms with Gasteiger partial charge in [-0.15, -0.1) is 13.2 Å². The van der Waals surface area contributed by atoms with Crippen molar-refractivity contribution < 1.29 is 23.8 Å². The van der Waals surface area contributed by atoms with Crippen LogP contribution in [0.15, 0.2) is 80.2 Å². The molecule has 0 radical (unpaired) electrons. The molecule has 0 bridgehead atoms. The number of ketones is 2. The number of aromatic nitrogens is 2. The highest BCUT2D eigenvalue weighted by Crippen LogP contribution is 2.37. The molecule has 0 aliphatic heterocycles. The summed E-state index contributed by atoms with van der Waals surface area (Å²) in [4.78, 5) is 35.9. The van der Waals surface area contributed by atoms with Gasteiger partial charge in [0.15, 0.2) is 23.1 Å². The van der Waals surface area contributed by atoms with Crippen LogP contribution in [0.4, 0.5) is 17.2 Å². The second-order valence-corrected chi connectivity index (χ2v) is 8.58. The van der Waals surface area contributed by atoms with E-state index in [0.29, 0.717) is 71.3 Å². The van der Waals surface area contributed by atoms with Gasteiger partial charge in [0.2, 0.25) is 0 Å². The van der Waals surface area contributed by atoms with E-state index in [4.69, 9.17) is 14.2 Å². The molecule has 39 heavy (non-hydrogen) atoms. The summed E-state index contributed by atoms with van der Waals surface area (Å²) in [5.41, 5.74) is 3.01. The maximum Gasteiger partial charge on any atom is 0.186 e. The third-order valence-electron chi connectivity index (χ3n) is 6.01. The molecule has 1 aromatic heterocycles. The minimum absolute atomic E-state index is 0.245. The fourth-order valence-corrected chi connectivity index (χ4v) is 4.22. The van der Waals surface area contributed by atoms with Gasteiger partial charge in [-0.3, -0.25) is 9.59 Å². The number of hydrogen-bond donors (Lipinski definition) is 1. The van der Waals surface area contributed by atoms with Crippen LogP contribution in [0.1, 0.15) is 5.56 Å². The van der Waals surface area contributed by atoms with E-state index in [1.807, 2.05) is 29.2 Å². The molecule has 200 valence electrons. The van der Waals surface area contributed by atoms with Crippen LogP contribution in [0.2, 0.25) is 0 Å². The topological polar surface area (TPSA) is 103 Å². The molecule has 4 rings (SSSR count). The van der Waals surface area contributed by atoms with Crippen molar-refractivity contribution in [2.24, 2.45) is 0 Å². The first-order valence-electron chi connectivity index (χ1n) is 12.3. The number of nitrogens with zero attached hydrogens (tertiary/aromatic N) is 3. The smallest absolute Gasteiger partial charge is 0.186 e. The molecule has 1 aliphatic carbocycles. The second kappa shape index (κ2) is 12.7. The first kappa shape index (κ1) is 27.3. The molecule has 0 atom stereocenters. The molecule has 9 nitrogen and oxygen atoms in total. The molecule has 1 N–H and O–H groups in total. The highest BCUT2D eigenvalue weighted by Gasteiger charge is 2.21. The normalized spacial score (nSPS) is 12.7. The molecule has 0 unspecified atom stereocenters. The molecule has 1 aliphatic rings. The van der Waals surface area contributed by atoms with Gasteiger partial charge < -0.3 is 24.4 Å². The van der Waals surface area contributed by atoms with Crippen molar-refractivity contribution in [2.45, 2.75) is 0 Å². The molecule has 9 heteroatoms. The Hall–Kier alpha value is -4.76. The van der Waals surface area contributed by atoms with Gasteiger partial charge in [0, 0.05) is 54.2 Å². The lowest BCUT2D eigenvalue weighted by molar-refractivity contribution is -0.113. The van der Waals surface area contributed by atoms with Crippen molar-refractivity contribution >= 4 is 45.2 Å². The average Bonchev–Trinajstić information content (AvgIpc) is 2.94. The van der Waals surface area contributed by atoms with E-state index in [0.717, 1.165) is 5.69 Å². The fraction of sp³-hybridized carbons (Fsp3) is 0.200. The lowest BCUT2D eigenvalue weighted by atomic mass is 9.94. The van der Waals surface area contributed by atoms with Gasteiger partial charge in [-0.1, -0.05) is 12.2 Å². The van der Waals surface area contributed by atoms with Crippen molar-refractivity contribution in [3.63, 3.8) is 0 Å². The second-order valence-electron chi connectivity index (χ2n) is 8.58. The Bertz CT molecular complexity index is 1470. The van der Waals surface area contributed by atoms with Gasteiger partial charge in [-0.25, -0.2) is 9.97 Å². The Morgan fingerprint density at radius 1 is 0.974 bits per heavy atom. The van der Waals surface area contributed by atoms with E-state index >= 15 is 0 Å². The number of rotatable bonds is 13. The van der Waals surface area contributed by atoms with Gasteiger partial charge in [0.1, 0.15) is 18.8 Å². The van der Waals surface area contributed by atoms with Crippen molar-refractivity contribution in [1.82, 2.24) is 9.97 Å². The maximum absolute atomic E-state index is 12.8. The fourth-order valence-electron chi connectivity index (χ4n) is 4.22. The first-order valence-corrected chi connectivity index (χ1v) is 12.3. The summed E-state index contributed by atoms with van der Waals surface area (Å²) in [7, 11) is 3.17. The van der Waals surface area contributed by atoms with Crippen molar-refractivity contribution in [2.75, 3.05) is 50.7 Å². The Morgan fingerprint density at radius 3 is 2.49 bits per heavy atom. The summed E-state index contributed by atoms with van der Waals surface area (Å²) in [5.74, 6) is 1.12. The molecule has 0 saturated heterocycles. The summed E-state index contributed by atoms with van der Waals surface area (Å²) in [6.07, 6.45) is 8.93. The number of anilines is 3. The Balaban J connectivity index is 1.77. The van der Waals surface area contributed by atoms with Crippen LogP contribution in [0.25, 0.3) is 16.5 Å². The number of ether oxygens (including phenoxy) is 3. The Kier molecular flexibility index (Phi) is 8.86. The van der Waals surface area contributed by atoms with Gasteiger partial charge in [0.25, 0.3) is 0 Å². The Labute approximate surface area is 227 Å². The van der Waals surface area contributed by atoms with Crippen LogP contribution in [-0.2, 0) is 14.3 Å². The van der Waals surface area contributed by atoms with E-state index in [1.54, 1.807) is 32.4 Å². The highest BCUT2D eigenvalue weighted by molar-refractivity contribution is 6.34. The predicted molar refractivity (Wildman–Crippen MR) is 153 cm³/mol. The summed E-state index contributed by atoms with van der Waals surface area (Å²) >= 11 is 0. The van der Waals surface area contributed by atoms with Crippen molar-refractivity contribution in [1.29, 1.82) is 0 Å². The number of allylic oxidation sites excluding steroid dienone is 4. The molecular formula is C30H30N4O5. The van der Waals surface area contributed by atoms with Gasteiger partial charge in [-0.2, -0.15) is 0 Å². The van der Waals surface area contributed by atoms with Crippen LogP contribution >= 0.6 is 0 Å². The van der Waals surface area contributed by atoms with Crippen molar-refractivity contribution in [3.8, 4) is 11.5 Å². The molecule has 0 spiro atoms. The monoisotopic (exact) mass is 526 g/mol. The minimum Gasteiger partial charge on any atom is -0.493 e. The van der Waals surface area contributed by atoms with Crippen LogP contribution in [-0.4, -0.2) is 62.1 Å². The average molecular weight is 527 g/mol. The number of carbonyl (C=O) groups excluding carboxylic acids is 2. The number of carbonyl (C=O) groups is 2. The number of hydrogen-bond acceptors (Lipinski definition) is 9. The summed E-state index contributed by atoms with van der Waals surface area (Å²) < 4.78 is 16.4. The molecule has 0 saturated carbocycles. The lowest BCUT2D eigenvalue weighted by Gasteiger charge is -2.26. The number of methoxy groups -OCH3 is 2. The van der Waals surface area contributed by atoms with Crippen molar-refractivity contribution in [3.05, 3.63) is 85.8 Å². The quantitative estimate of drug-likeness (QED) is 0.193.